The third-order valence-corrected chi connectivity index (χ3v) is 3.30. The first-order chi connectivity index (χ1) is 10.0. The molecule has 0 heterocycles. The van der Waals surface area contributed by atoms with Crippen molar-refractivity contribution in [2.75, 3.05) is 17.2 Å². The van der Waals surface area contributed by atoms with E-state index in [-0.39, 0.29) is 17.2 Å². The van der Waals surface area contributed by atoms with E-state index in [9.17, 15) is 9.90 Å². The lowest BCUT2D eigenvalue weighted by Gasteiger charge is -2.23. The average Bonchev–Trinajstić information content (AvgIpc) is 2.46. The van der Waals surface area contributed by atoms with Gasteiger partial charge in [0, 0.05) is 22.9 Å². The molecule has 0 aromatic heterocycles. The summed E-state index contributed by atoms with van der Waals surface area (Å²) in [5, 5.41) is 10.3. The van der Waals surface area contributed by atoms with Crippen LogP contribution in [0.5, 0.6) is 5.75 Å². The normalized spacial score (nSPS) is 10.4. The Morgan fingerprint density at radius 1 is 1.29 bits per heavy atom. The highest BCUT2D eigenvalue weighted by atomic mass is 35.5. The van der Waals surface area contributed by atoms with Gasteiger partial charge in [0.05, 0.1) is 5.56 Å². The minimum absolute atomic E-state index is 0.0885. The number of aromatic hydroxyl groups is 1. The molecular weight excluding hydrogens is 288 g/mol. The van der Waals surface area contributed by atoms with E-state index in [1.54, 1.807) is 29.2 Å². The van der Waals surface area contributed by atoms with Crippen molar-refractivity contribution in [3.63, 3.8) is 0 Å². The minimum atomic E-state index is -0.303. The maximum Gasteiger partial charge on any atom is 0.262 e. The Hall–Kier alpha value is -2.20. The van der Waals surface area contributed by atoms with E-state index in [0.717, 1.165) is 6.42 Å². The Morgan fingerprint density at radius 3 is 2.71 bits per heavy atom. The molecule has 0 aliphatic heterocycles. The maximum absolute atomic E-state index is 12.7. The summed E-state index contributed by atoms with van der Waals surface area (Å²) in [6.07, 6.45) is 0.780. The van der Waals surface area contributed by atoms with E-state index in [1.165, 1.54) is 12.1 Å². The van der Waals surface area contributed by atoms with Crippen molar-refractivity contribution >= 4 is 28.9 Å². The zero-order valence-corrected chi connectivity index (χ0v) is 12.5. The van der Waals surface area contributed by atoms with Crippen LogP contribution in [-0.4, -0.2) is 17.6 Å². The zero-order chi connectivity index (χ0) is 15.4. The highest BCUT2D eigenvalue weighted by Crippen LogP contribution is 2.26. The van der Waals surface area contributed by atoms with E-state index >= 15 is 0 Å². The second kappa shape index (κ2) is 6.50. The highest BCUT2D eigenvalue weighted by Gasteiger charge is 2.20. The molecule has 110 valence electrons. The Bertz CT molecular complexity index is 658. The molecule has 0 fully saturated rings. The lowest BCUT2D eigenvalue weighted by atomic mass is 10.1. The number of halogens is 1. The summed E-state index contributed by atoms with van der Waals surface area (Å²) in [7, 11) is 0. The number of benzene rings is 2. The predicted molar refractivity (Wildman–Crippen MR) is 85.9 cm³/mol. The number of phenols is 1. The highest BCUT2D eigenvalue weighted by molar-refractivity contribution is 6.31. The van der Waals surface area contributed by atoms with Crippen LogP contribution < -0.4 is 10.6 Å². The van der Waals surface area contributed by atoms with Crippen molar-refractivity contribution < 1.29 is 9.90 Å². The molecule has 0 saturated carbocycles. The Balaban J connectivity index is 2.42. The number of nitrogens with two attached hydrogens (primary N) is 1. The molecule has 21 heavy (non-hydrogen) atoms. The van der Waals surface area contributed by atoms with Crippen molar-refractivity contribution in [2.24, 2.45) is 0 Å². The van der Waals surface area contributed by atoms with Gasteiger partial charge in [-0.2, -0.15) is 0 Å². The fourth-order valence-corrected chi connectivity index (χ4v) is 2.26. The molecule has 2 aromatic carbocycles. The predicted octanol–water partition coefficient (Wildman–Crippen LogP) is 3.68. The van der Waals surface area contributed by atoms with Gasteiger partial charge in [0.15, 0.2) is 0 Å². The molecule has 0 atom stereocenters. The van der Waals surface area contributed by atoms with Crippen LogP contribution in [0.1, 0.15) is 23.7 Å². The summed E-state index contributed by atoms with van der Waals surface area (Å²) >= 11 is 5.91. The minimum Gasteiger partial charge on any atom is -0.507 e. The van der Waals surface area contributed by atoms with E-state index in [1.807, 2.05) is 13.0 Å². The number of phenolic OH excluding ortho intramolecular Hbond substituents is 1. The number of carbonyl (C=O) groups is 1. The summed E-state index contributed by atoms with van der Waals surface area (Å²) in [4.78, 5) is 14.3. The second-order valence-corrected chi connectivity index (χ2v) is 5.15. The third-order valence-electron chi connectivity index (χ3n) is 3.06. The number of amides is 1. The summed E-state index contributed by atoms with van der Waals surface area (Å²) in [5.41, 5.74) is 7.23. The molecule has 2 rings (SSSR count). The molecule has 0 unspecified atom stereocenters. The van der Waals surface area contributed by atoms with E-state index in [4.69, 9.17) is 17.3 Å². The standard InChI is InChI=1S/C16H17ClN2O2/c1-2-8-19(13-5-3-4-12(18)10-13)16(21)14-9-11(17)6-7-15(14)20/h3-7,9-10,20H,2,8,18H2,1H3. The smallest absolute Gasteiger partial charge is 0.262 e. The van der Waals surface area contributed by atoms with Crippen LogP contribution in [0.4, 0.5) is 11.4 Å². The monoisotopic (exact) mass is 304 g/mol. The Labute approximate surface area is 128 Å². The topological polar surface area (TPSA) is 66.6 Å². The lowest BCUT2D eigenvalue weighted by Crippen LogP contribution is -2.31. The number of rotatable bonds is 4. The van der Waals surface area contributed by atoms with Gasteiger partial charge in [-0.05, 0) is 42.8 Å². The molecule has 2 aromatic rings. The van der Waals surface area contributed by atoms with Crippen LogP contribution in [0, 0.1) is 0 Å². The number of hydrogen-bond donors (Lipinski definition) is 2. The van der Waals surface area contributed by atoms with Gasteiger partial charge in [-0.1, -0.05) is 24.6 Å². The molecule has 3 N–H and O–H groups in total. The molecule has 5 heteroatoms. The molecule has 0 saturated heterocycles. The summed E-state index contributed by atoms with van der Waals surface area (Å²) in [6.45, 7) is 2.50. The van der Waals surface area contributed by atoms with Gasteiger partial charge >= 0.3 is 0 Å². The van der Waals surface area contributed by atoms with Gasteiger partial charge in [-0.25, -0.2) is 0 Å². The molecule has 0 spiro atoms. The molecular formula is C16H17ClN2O2. The number of carbonyl (C=O) groups excluding carboxylic acids is 1. The second-order valence-electron chi connectivity index (χ2n) is 4.71. The van der Waals surface area contributed by atoms with Crippen LogP contribution in [0.3, 0.4) is 0 Å². The summed E-state index contributed by atoms with van der Waals surface area (Å²) in [6, 6.07) is 11.5. The Morgan fingerprint density at radius 2 is 2.05 bits per heavy atom. The van der Waals surface area contributed by atoms with Gasteiger partial charge in [0.2, 0.25) is 0 Å². The number of anilines is 2. The zero-order valence-electron chi connectivity index (χ0n) is 11.7. The van der Waals surface area contributed by atoms with Gasteiger partial charge < -0.3 is 15.7 Å². The van der Waals surface area contributed by atoms with Gasteiger partial charge in [-0.3, -0.25) is 4.79 Å². The fourth-order valence-electron chi connectivity index (χ4n) is 2.09. The van der Waals surface area contributed by atoms with E-state index in [2.05, 4.69) is 0 Å². The molecule has 0 bridgehead atoms. The summed E-state index contributed by atoms with van der Waals surface area (Å²) < 4.78 is 0. The Kier molecular flexibility index (Phi) is 4.70. The maximum atomic E-state index is 12.7. The van der Waals surface area contributed by atoms with Crippen molar-refractivity contribution in [2.45, 2.75) is 13.3 Å². The van der Waals surface area contributed by atoms with Gasteiger partial charge in [0.1, 0.15) is 5.75 Å². The van der Waals surface area contributed by atoms with Crippen LogP contribution in [0.25, 0.3) is 0 Å². The van der Waals surface area contributed by atoms with Crippen molar-refractivity contribution in [1.82, 2.24) is 0 Å². The van der Waals surface area contributed by atoms with Gasteiger partial charge in [-0.15, -0.1) is 0 Å². The number of nitrogen functional groups attached to an aromatic ring is 1. The summed E-state index contributed by atoms with van der Waals surface area (Å²) in [5.74, 6) is -0.392. The van der Waals surface area contributed by atoms with Crippen LogP contribution in [0.2, 0.25) is 5.02 Å². The van der Waals surface area contributed by atoms with Crippen LogP contribution in [-0.2, 0) is 0 Å². The van der Waals surface area contributed by atoms with E-state index < -0.39 is 0 Å². The SMILES string of the molecule is CCCN(C(=O)c1cc(Cl)ccc1O)c1cccc(N)c1. The first-order valence-corrected chi connectivity index (χ1v) is 7.06. The molecule has 0 radical (unpaired) electrons. The first kappa shape index (κ1) is 15.2. The molecule has 1 amide bonds. The van der Waals surface area contributed by atoms with Crippen LogP contribution in [0.15, 0.2) is 42.5 Å². The number of hydrogen-bond acceptors (Lipinski definition) is 3. The molecule has 0 aliphatic rings. The first-order valence-electron chi connectivity index (χ1n) is 6.69. The lowest BCUT2D eigenvalue weighted by molar-refractivity contribution is 0.0984. The largest absolute Gasteiger partial charge is 0.507 e. The average molecular weight is 305 g/mol. The fraction of sp³-hybridized carbons (Fsp3) is 0.188. The molecule has 0 aliphatic carbocycles. The number of nitrogens with zero attached hydrogens (tertiary/aromatic N) is 1. The van der Waals surface area contributed by atoms with E-state index in [0.29, 0.717) is 22.9 Å². The van der Waals surface area contributed by atoms with Crippen molar-refractivity contribution in [3.8, 4) is 5.75 Å². The van der Waals surface area contributed by atoms with Gasteiger partial charge in [0.25, 0.3) is 5.91 Å². The van der Waals surface area contributed by atoms with Crippen molar-refractivity contribution in [1.29, 1.82) is 0 Å². The van der Waals surface area contributed by atoms with Crippen LogP contribution >= 0.6 is 11.6 Å². The van der Waals surface area contributed by atoms with Crippen molar-refractivity contribution in [3.05, 3.63) is 53.1 Å². The quantitative estimate of drug-likeness (QED) is 0.847. The third kappa shape index (κ3) is 3.47. The molecule has 4 nitrogen and oxygen atoms in total.